The minimum atomic E-state index is 1.17. The standard InChI is InChI=1S/C23H34/c1-5-11-18-17-19-15-9-10-16-21(19)23(14-8-4)22(13-7-3)20(18)12-6-2/h9-10,15-16H,5-8,11-14,17H2,1-4H3. The number of fused-ring (bicyclic) bond motifs is 1. The fourth-order valence-electron chi connectivity index (χ4n) is 4.07. The van der Waals surface area contributed by atoms with Crippen LogP contribution in [0.3, 0.4) is 0 Å². The van der Waals surface area contributed by atoms with Crippen molar-refractivity contribution in [1.82, 2.24) is 0 Å². The average molecular weight is 311 g/mol. The molecule has 0 radical (unpaired) electrons. The van der Waals surface area contributed by atoms with Crippen LogP contribution < -0.4 is 0 Å². The number of allylic oxidation sites excluding steroid dienone is 4. The number of benzene rings is 1. The zero-order valence-electron chi connectivity index (χ0n) is 15.7. The Hall–Kier alpha value is -1.30. The summed E-state index contributed by atoms with van der Waals surface area (Å²) >= 11 is 0. The third-order valence-electron chi connectivity index (χ3n) is 4.95. The van der Waals surface area contributed by atoms with Gasteiger partial charge in [0.15, 0.2) is 0 Å². The smallest absolute Gasteiger partial charge is 0.00551 e. The van der Waals surface area contributed by atoms with E-state index in [1.54, 1.807) is 27.9 Å². The summed E-state index contributed by atoms with van der Waals surface area (Å²) < 4.78 is 0. The van der Waals surface area contributed by atoms with Crippen LogP contribution in [-0.2, 0) is 6.42 Å². The van der Waals surface area contributed by atoms with Gasteiger partial charge in [-0.05, 0) is 60.0 Å². The first kappa shape index (κ1) is 18.0. The first-order chi connectivity index (χ1) is 11.3. The molecule has 0 saturated heterocycles. The van der Waals surface area contributed by atoms with E-state index in [0.29, 0.717) is 0 Å². The molecule has 0 amide bonds. The maximum absolute atomic E-state index is 2.37. The van der Waals surface area contributed by atoms with E-state index in [2.05, 4.69) is 52.0 Å². The van der Waals surface area contributed by atoms with Crippen molar-refractivity contribution in [2.45, 2.75) is 85.5 Å². The van der Waals surface area contributed by atoms with E-state index in [-0.39, 0.29) is 0 Å². The second-order valence-electron chi connectivity index (χ2n) is 6.87. The Bertz CT molecular complexity index is 571. The monoisotopic (exact) mass is 310 g/mol. The van der Waals surface area contributed by atoms with Gasteiger partial charge in [0.25, 0.3) is 0 Å². The van der Waals surface area contributed by atoms with Crippen molar-refractivity contribution in [1.29, 1.82) is 0 Å². The van der Waals surface area contributed by atoms with Crippen LogP contribution in [0, 0.1) is 0 Å². The zero-order chi connectivity index (χ0) is 16.7. The van der Waals surface area contributed by atoms with Crippen LogP contribution >= 0.6 is 0 Å². The molecular weight excluding hydrogens is 276 g/mol. The van der Waals surface area contributed by atoms with E-state index >= 15 is 0 Å². The van der Waals surface area contributed by atoms with E-state index in [0.717, 1.165) is 0 Å². The van der Waals surface area contributed by atoms with Crippen molar-refractivity contribution in [3.63, 3.8) is 0 Å². The predicted molar refractivity (Wildman–Crippen MR) is 104 cm³/mol. The highest BCUT2D eigenvalue weighted by Crippen LogP contribution is 2.40. The van der Waals surface area contributed by atoms with Crippen molar-refractivity contribution < 1.29 is 0 Å². The van der Waals surface area contributed by atoms with Gasteiger partial charge in [0.05, 0.1) is 0 Å². The molecule has 1 aliphatic carbocycles. The third kappa shape index (κ3) is 4.16. The van der Waals surface area contributed by atoms with E-state index in [9.17, 15) is 0 Å². The average Bonchev–Trinajstić information content (AvgIpc) is 2.67. The summed E-state index contributed by atoms with van der Waals surface area (Å²) in [5.41, 5.74) is 9.88. The molecule has 2 rings (SSSR count). The van der Waals surface area contributed by atoms with Gasteiger partial charge in [-0.2, -0.15) is 0 Å². The summed E-state index contributed by atoms with van der Waals surface area (Å²) in [6.07, 6.45) is 11.1. The predicted octanol–water partition coefficient (Wildman–Crippen LogP) is 7.49. The highest BCUT2D eigenvalue weighted by Gasteiger charge is 2.21. The van der Waals surface area contributed by atoms with Gasteiger partial charge in [-0.25, -0.2) is 0 Å². The van der Waals surface area contributed by atoms with Crippen LogP contribution in [0.4, 0.5) is 0 Å². The lowest BCUT2D eigenvalue weighted by molar-refractivity contribution is 0.797. The summed E-state index contributed by atoms with van der Waals surface area (Å²) in [7, 11) is 0. The van der Waals surface area contributed by atoms with Crippen LogP contribution in [0.15, 0.2) is 41.0 Å². The molecule has 0 bridgehead atoms. The maximum atomic E-state index is 2.37. The molecule has 1 aromatic carbocycles. The molecule has 126 valence electrons. The Morgan fingerprint density at radius 1 is 0.652 bits per heavy atom. The quantitative estimate of drug-likeness (QED) is 0.466. The zero-order valence-corrected chi connectivity index (χ0v) is 15.7. The Morgan fingerprint density at radius 3 is 1.87 bits per heavy atom. The Labute approximate surface area is 143 Å². The highest BCUT2D eigenvalue weighted by molar-refractivity contribution is 5.76. The van der Waals surface area contributed by atoms with Crippen molar-refractivity contribution in [3.8, 4) is 0 Å². The summed E-state index contributed by atoms with van der Waals surface area (Å²) in [6.45, 7) is 9.30. The summed E-state index contributed by atoms with van der Waals surface area (Å²) in [5.74, 6) is 0. The van der Waals surface area contributed by atoms with Crippen LogP contribution in [0.1, 0.15) is 90.2 Å². The number of hydrogen-bond donors (Lipinski definition) is 0. The van der Waals surface area contributed by atoms with E-state index < -0.39 is 0 Å². The number of rotatable bonds is 8. The molecule has 0 spiro atoms. The topological polar surface area (TPSA) is 0 Å². The Kier molecular flexibility index (Phi) is 7.15. The van der Waals surface area contributed by atoms with Crippen molar-refractivity contribution in [2.24, 2.45) is 0 Å². The van der Waals surface area contributed by atoms with Gasteiger partial charge in [0.1, 0.15) is 0 Å². The molecule has 0 atom stereocenters. The molecule has 0 aromatic heterocycles. The maximum Gasteiger partial charge on any atom is -0.00551 e. The minimum Gasteiger partial charge on any atom is -0.0651 e. The molecule has 1 aromatic rings. The molecule has 0 heteroatoms. The molecule has 0 N–H and O–H groups in total. The van der Waals surface area contributed by atoms with Gasteiger partial charge >= 0.3 is 0 Å². The molecule has 0 aliphatic heterocycles. The van der Waals surface area contributed by atoms with E-state index in [1.165, 1.54) is 63.4 Å². The first-order valence-electron chi connectivity index (χ1n) is 9.78. The van der Waals surface area contributed by atoms with Crippen LogP contribution in [0.2, 0.25) is 0 Å². The van der Waals surface area contributed by atoms with E-state index in [1.807, 2.05) is 0 Å². The Morgan fingerprint density at radius 2 is 1.22 bits per heavy atom. The van der Waals surface area contributed by atoms with Gasteiger partial charge in [-0.3, -0.25) is 0 Å². The highest BCUT2D eigenvalue weighted by atomic mass is 14.3. The Balaban J connectivity index is 2.68. The van der Waals surface area contributed by atoms with Crippen molar-refractivity contribution in [3.05, 3.63) is 52.1 Å². The SMILES string of the molecule is CCCC1=C(CCC)C(CCC)=C(CCC)c2ccccc2C1. The molecule has 0 heterocycles. The lowest BCUT2D eigenvalue weighted by atomic mass is 9.86. The van der Waals surface area contributed by atoms with Crippen LogP contribution in [0.5, 0.6) is 0 Å². The molecule has 0 nitrogen and oxygen atoms in total. The molecule has 23 heavy (non-hydrogen) atoms. The molecular formula is C23H34. The summed E-state index contributed by atoms with van der Waals surface area (Å²) in [4.78, 5) is 0. The second kappa shape index (κ2) is 9.11. The van der Waals surface area contributed by atoms with Crippen molar-refractivity contribution >= 4 is 5.57 Å². The largest absolute Gasteiger partial charge is 0.0651 e. The lowest BCUT2D eigenvalue weighted by Gasteiger charge is -2.19. The summed E-state index contributed by atoms with van der Waals surface area (Å²) in [5, 5.41) is 0. The molecule has 0 saturated carbocycles. The second-order valence-corrected chi connectivity index (χ2v) is 6.87. The van der Waals surface area contributed by atoms with Gasteiger partial charge in [-0.15, -0.1) is 0 Å². The fraction of sp³-hybridized carbons (Fsp3) is 0.565. The van der Waals surface area contributed by atoms with Crippen molar-refractivity contribution in [2.75, 3.05) is 0 Å². The van der Waals surface area contributed by atoms with Gasteiger partial charge in [-0.1, -0.05) is 83.2 Å². The first-order valence-corrected chi connectivity index (χ1v) is 9.78. The fourth-order valence-corrected chi connectivity index (χ4v) is 4.07. The molecule has 1 aliphatic rings. The van der Waals surface area contributed by atoms with E-state index in [4.69, 9.17) is 0 Å². The molecule has 0 fully saturated rings. The van der Waals surface area contributed by atoms with Crippen LogP contribution in [0.25, 0.3) is 5.57 Å². The van der Waals surface area contributed by atoms with Crippen LogP contribution in [-0.4, -0.2) is 0 Å². The van der Waals surface area contributed by atoms with Gasteiger partial charge in [0, 0.05) is 0 Å². The molecule has 0 unspecified atom stereocenters. The normalized spacial score (nSPS) is 15.0. The number of hydrogen-bond acceptors (Lipinski definition) is 0. The third-order valence-corrected chi connectivity index (χ3v) is 4.95. The summed E-state index contributed by atoms with van der Waals surface area (Å²) in [6, 6.07) is 9.17. The lowest BCUT2D eigenvalue weighted by Crippen LogP contribution is -1.99. The minimum absolute atomic E-state index is 1.17. The van der Waals surface area contributed by atoms with Gasteiger partial charge < -0.3 is 0 Å². The van der Waals surface area contributed by atoms with Gasteiger partial charge in [0.2, 0.25) is 0 Å².